The van der Waals surface area contributed by atoms with Crippen LogP contribution in [0, 0.1) is 5.41 Å². The first kappa shape index (κ1) is 11.8. The van der Waals surface area contributed by atoms with Crippen LogP contribution >= 0.6 is 11.8 Å². The van der Waals surface area contributed by atoms with E-state index in [1.165, 1.54) is 17.9 Å². The van der Waals surface area contributed by atoms with E-state index in [9.17, 15) is 0 Å². The maximum atomic E-state index is 4.28. The number of hydrogen-bond donors (Lipinski definition) is 1. The summed E-state index contributed by atoms with van der Waals surface area (Å²) in [5.41, 5.74) is 1.62. The molecular weight excluding hydrogens is 218 g/mol. The Morgan fingerprint density at radius 3 is 3.06 bits per heavy atom. The molecule has 0 spiro atoms. The van der Waals surface area contributed by atoms with E-state index in [4.69, 9.17) is 0 Å². The van der Waals surface area contributed by atoms with Gasteiger partial charge in [-0.2, -0.15) is 16.9 Å². The third kappa shape index (κ3) is 2.94. The second-order valence-corrected chi connectivity index (χ2v) is 6.34. The predicted octanol–water partition coefficient (Wildman–Crippen LogP) is 2.85. The van der Waals surface area contributed by atoms with E-state index >= 15 is 0 Å². The lowest BCUT2D eigenvalue weighted by Crippen LogP contribution is -2.35. The molecule has 1 fully saturated rings. The van der Waals surface area contributed by atoms with Gasteiger partial charge in [-0.05, 0) is 24.5 Å². The smallest absolute Gasteiger partial charge is 0.0728 e. The standard InChI is InChI=1S/C12H21N3S/c1-4-15-7-11(6-13-15)14-10-5-12(2,3)9-16-8-10/h6-7,10,14H,4-5,8-9H2,1-3H3. The Morgan fingerprint density at radius 1 is 1.62 bits per heavy atom. The molecule has 1 atom stereocenters. The van der Waals surface area contributed by atoms with Crippen molar-refractivity contribution in [2.75, 3.05) is 16.8 Å². The predicted molar refractivity (Wildman–Crippen MR) is 71.0 cm³/mol. The monoisotopic (exact) mass is 239 g/mol. The summed E-state index contributed by atoms with van der Waals surface area (Å²) in [4.78, 5) is 0. The summed E-state index contributed by atoms with van der Waals surface area (Å²) >= 11 is 2.05. The topological polar surface area (TPSA) is 29.9 Å². The number of hydrogen-bond acceptors (Lipinski definition) is 3. The van der Waals surface area contributed by atoms with Gasteiger partial charge in [0.1, 0.15) is 0 Å². The van der Waals surface area contributed by atoms with Crippen molar-refractivity contribution < 1.29 is 0 Å². The van der Waals surface area contributed by atoms with Gasteiger partial charge in [0.05, 0.1) is 11.9 Å². The highest BCUT2D eigenvalue weighted by atomic mass is 32.2. The molecule has 3 nitrogen and oxygen atoms in total. The molecule has 1 N–H and O–H groups in total. The molecule has 1 saturated heterocycles. The fraction of sp³-hybridized carbons (Fsp3) is 0.750. The van der Waals surface area contributed by atoms with Crippen molar-refractivity contribution in [1.82, 2.24) is 9.78 Å². The van der Waals surface area contributed by atoms with Gasteiger partial charge in [0.25, 0.3) is 0 Å². The molecule has 2 heterocycles. The number of thioether (sulfide) groups is 1. The maximum Gasteiger partial charge on any atom is 0.0728 e. The van der Waals surface area contributed by atoms with Crippen molar-refractivity contribution in [2.24, 2.45) is 5.41 Å². The molecule has 1 aromatic heterocycles. The molecular formula is C12H21N3S. The van der Waals surface area contributed by atoms with Gasteiger partial charge in [-0.3, -0.25) is 4.68 Å². The lowest BCUT2D eigenvalue weighted by molar-refractivity contribution is 0.358. The van der Waals surface area contributed by atoms with Crippen molar-refractivity contribution in [3.63, 3.8) is 0 Å². The fourth-order valence-corrected chi connectivity index (χ4v) is 3.48. The number of rotatable bonds is 3. The molecule has 1 unspecified atom stereocenters. The molecule has 0 bridgehead atoms. The molecule has 0 amide bonds. The van der Waals surface area contributed by atoms with Crippen molar-refractivity contribution in [3.05, 3.63) is 12.4 Å². The van der Waals surface area contributed by atoms with Gasteiger partial charge in [-0.1, -0.05) is 13.8 Å². The third-order valence-corrected chi connectivity index (χ3v) is 4.56. The van der Waals surface area contributed by atoms with E-state index in [1.807, 2.05) is 10.9 Å². The van der Waals surface area contributed by atoms with Crippen molar-refractivity contribution in [2.45, 2.75) is 39.8 Å². The minimum absolute atomic E-state index is 0.460. The first-order valence-corrected chi connectivity index (χ1v) is 7.11. The van der Waals surface area contributed by atoms with Crippen LogP contribution in [-0.2, 0) is 6.54 Å². The van der Waals surface area contributed by atoms with E-state index in [-0.39, 0.29) is 0 Å². The normalized spacial score (nSPS) is 24.3. The zero-order valence-corrected chi connectivity index (χ0v) is 11.2. The van der Waals surface area contributed by atoms with Gasteiger partial charge in [0.15, 0.2) is 0 Å². The molecule has 0 radical (unpaired) electrons. The average Bonchev–Trinajstić information content (AvgIpc) is 2.64. The molecule has 0 aromatic carbocycles. The summed E-state index contributed by atoms with van der Waals surface area (Å²) in [5, 5.41) is 7.87. The van der Waals surface area contributed by atoms with Gasteiger partial charge in [-0.15, -0.1) is 0 Å². The molecule has 0 aliphatic carbocycles. The molecule has 0 saturated carbocycles. The summed E-state index contributed by atoms with van der Waals surface area (Å²) < 4.78 is 1.96. The molecule has 2 rings (SSSR count). The Kier molecular flexibility index (Phi) is 3.47. The van der Waals surface area contributed by atoms with Gasteiger partial charge >= 0.3 is 0 Å². The van der Waals surface area contributed by atoms with Crippen LogP contribution < -0.4 is 5.32 Å². The SMILES string of the molecule is CCn1cc(NC2CSCC(C)(C)C2)cn1. The van der Waals surface area contributed by atoms with Crippen LogP contribution in [-0.4, -0.2) is 27.3 Å². The van der Waals surface area contributed by atoms with Crippen LogP contribution in [0.25, 0.3) is 0 Å². The Bertz CT molecular complexity index is 346. The number of aromatic nitrogens is 2. The van der Waals surface area contributed by atoms with Gasteiger partial charge < -0.3 is 5.32 Å². The van der Waals surface area contributed by atoms with E-state index in [1.54, 1.807) is 0 Å². The van der Waals surface area contributed by atoms with Crippen LogP contribution in [0.3, 0.4) is 0 Å². The number of nitrogens with zero attached hydrogens (tertiary/aromatic N) is 2. The highest BCUT2D eigenvalue weighted by Crippen LogP contribution is 2.34. The largest absolute Gasteiger partial charge is 0.379 e. The van der Waals surface area contributed by atoms with E-state index < -0.39 is 0 Å². The molecule has 4 heteroatoms. The summed E-state index contributed by atoms with van der Waals surface area (Å²) in [6, 6.07) is 0.586. The third-order valence-electron chi connectivity index (χ3n) is 2.94. The Hall–Kier alpha value is -0.640. The fourth-order valence-electron chi connectivity index (χ4n) is 2.20. The number of nitrogens with one attached hydrogen (secondary N) is 1. The molecule has 1 aliphatic rings. The van der Waals surface area contributed by atoms with Crippen molar-refractivity contribution in [1.29, 1.82) is 0 Å². The average molecular weight is 239 g/mol. The minimum atomic E-state index is 0.460. The highest BCUT2D eigenvalue weighted by Gasteiger charge is 2.28. The summed E-state index contributed by atoms with van der Waals surface area (Å²) in [6.45, 7) is 7.75. The quantitative estimate of drug-likeness (QED) is 0.879. The van der Waals surface area contributed by atoms with Gasteiger partial charge in [0, 0.05) is 24.5 Å². The van der Waals surface area contributed by atoms with Crippen LogP contribution in [0.2, 0.25) is 0 Å². The van der Waals surface area contributed by atoms with E-state index in [0.29, 0.717) is 11.5 Å². The van der Waals surface area contributed by atoms with E-state index in [0.717, 1.165) is 12.2 Å². The lowest BCUT2D eigenvalue weighted by Gasteiger charge is -2.35. The molecule has 1 aromatic rings. The Balaban J connectivity index is 1.94. The Morgan fingerprint density at radius 2 is 2.44 bits per heavy atom. The number of anilines is 1. The maximum absolute atomic E-state index is 4.28. The summed E-state index contributed by atoms with van der Waals surface area (Å²) in [5.74, 6) is 2.49. The summed E-state index contributed by atoms with van der Waals surface area (Å²) in [6.07, 6.45) is 5.26. The minimum Gasteiger partial charge on any atom is -0.379 e. The zero-order chi connectivity index (χ0) is 11.6. The van der Waals surface area contributed by atoms with Crippen molar-refractivity contribution in [3.8, 4) is 0 Å². The van der Waals surface area contributed by atoms with E-state index in [2.05, 4.69) is 49.1 Å². The highest BCUT2D eigenvalue weighted by molar-refractivity contribution is 7.99. The van der Waals surface area contributed by atoms with Crippen LogP contribution in [0.1, 0.15) is 27.2 Å². The van der Waals surface area contributed by atoms with Crippen LogP contribution in [0.5, 0.6) is 0 Å². The Labute approximate surface area is 102 Å². The van der Waals surface area contributed by atoms with Gasteiger partial charge in [-0.25, -0.2) is 0 Å². The molecule has 1 aliphatic heterocycles. The summed E-state index contributed by atoms with van der Waals surface area (Å²) in [7, 11) is 0. The molecule has 16 heavy (non-hydrogen) atoms. The lowest BCUT2D eigenvalue weighted by atomic mass is 9.88. The number of aryl methyl sites for hydroxylation is 1. The van der Waals surface area contributed by atoms with Crippen LogP contribution in [0.4, 0.5) is 5.69 Å². The van der Waals surface area contributed by atoms with Crippen LogP contribution in [0.15, 0.2) is 12.4 Å². The van der Waals surface area contributed by atoms with Gasteiger partial charge in [0.2, 0.25) is 0 Å². The first-order valence-electron chi connectivity index (χ1n) is 5.96. The molecule has 90 valence electrons. The zero-order valence-electron chi connectivity index (χ0n) is 10.4. The second kappa shape index (κ2) is 4.70. The van der Waals surface area contributed by atoms with Crippen molar-refractivity contribution >= 4 is 17.4 Å². The first-order chi connectivity index (χ1) is 7.59. The second-order valence-electron chi connectivity index (χ2n) is 5.31.